The number of nitrogen functional groups attached to an aromatic ring is 1. The molecule has 1 aromatic heterocycles. The summed E-state index contributed by atoms with van der Waals surface area (Å²) in [6, 6.07) is 5.81. The van der Waals surface area contributed by atoms with Crippen LogP contribution in [0, 0.1) is 6.92 Å². The van der Waals surface area contributed by atoms with Gasteiger partial charge in [-0.15, -0.1) is 10.2 Å². The van der Waals surface area contributed by atoms with Gasteiger partial charge in [0.15, 0.2) is 5.82 Å². The molecule has 5 heteroatoms. The first-order chi connectivity index (χ1) is 7.66. The highest BCUT2D eigenvalue weighted by Crippen LogP contribution is 2.18. The van der Waals surface area contributed by atoms with Gasteiger partial charge in [-0.2, -0.15) is 0 Å². The predicted octanol–water partition coefficient (Wildman–Crippen LogP) is 1.32. The zero-order valence-corrected chi connectivity index (χ0v) is 9.44. The lowest BCUT2D eigenvalue weighted by atomic mass is 10.2. The summed E-state index contributed by atoms with van der Waals surface area (Å²) in [4.78, 5) is 0. The Labute approximate surface area is 94.3 Å². The molecule has 5 nitrogen and oxygen atoms in total. The van der Waals surface area contributed by atoms with E-state index in [4.69, 9.17) is 5.73 Å². The van der Waals surface area contributed by atoms with Crippen molar-refractivity contribution >= 4 is 11.4 Å². The molecule has 0 fully saturated rings. The van der Waals surface area contributed by atoms with Gasteiger partial charge in [0.2, 0.25) is 0 Å². The lowest BCUT2D eigenvalue weighted by Crippen LogP contribution is -2.06. The van der Waals surface area contributed by atoms with Crippen molar-refractivity contribution < 1.29 is 0 Å². The summed E-state index contributed by atoms with van der Waals surface area (Å²) < 4.78 is 1.88. The molecule has 0 saturated carbocycles. The Bertz CT molecular complexity index is 489. The molecule has 3 N–H and O–H groups in total. The first-order valence-electron chi connectivity index (χ1n) is 5.09. The van der Waals surface area contributed by atoms with Crippen molar-refractivity contribution in [1.29, 1.82) is 0 Å². The van der Waals surface area contributed by atoms with Gasteiger partial charge >= 0.3 is 0 Å². The van der Waals surface area contributed by atoms with Crippen LogP contribution in [-0.4, -0.2) is 14.8 Å². The van der Waals surface area contributed by atoms with E-state index < -0.39 is 0 Å². The Morgan fingerprint density at radius 1 is 1.44 bits per heavy atom. The van der Waals surface area contributed by atoms with E-state index in [1.54, 1.807) is 6.33 Å². The zero-order chi connectivity index (χ0) is 11.5. The minimum Gasteiger partial charge on any atom is -0.399 e. The van der Waals surface area contributed by atoms with Crippen molar-refractivity contribution in [2.24, 2.45) is 7.05 Å². The van der Waals surface area contributed by atoms with Crippen LogP contribution in [0.2, 0.25) is 0 Å². The Hall–Kier alpha value is -2.04. The lowest BCUT2D eigenvalue weighted by Gasteiger charge is -2.09. The molecule has 0 aliphatic heterocycles. The molecule has 0 radical (unpaired) electrons. The molecular weight excluding hydrogens is 202 g/mol. The van der Waals surface area contributed by atoms with Gasteiger partial charge in [-0.3, -0.25) is 0 Å². The highest BCUT2D eigenvalue weighted by atomic mass is 15.3. The van der Waals surface area contributed by atoms with E-state index in [0.717, 1.165) is 22.8 Å². The third-order valence-electron chi connectivity index (χ3n) is 2.50. The summed E-state index contributed by atoms with van der Waals surface area (Å²) in [5.41, 5.74) is 8.68. The molecule has 0 spiro atoms. The number of hydrogen-bond acceptors (Lipinski definition) is 4. The van der Waals surface area contributed by atoms with E-state index in [1.807, 2.05) is 36.7 Å². The summed E-state index contributed by atoms with van der Waals surface area (Å²) in [5.74, 6) is 0.891. The van der Waals surface area contributed by atoms with Crippen LogP contribution in [0.4, 0.5) is 11.4 Å². The first kappa shape index (κ1) is 10.5. The Morgan fingerprint density at radius 2 is 2.25 bits per heavy atom. The molecule has 2 aromatic rings. The maximum Gasteiger partial charge on any atom is 0.151 e. The van der Waals surface area contributed by atoms with Gasteiger partial charge in [0.25, 0.3) is 0 Å². The maximum atomic E-state index is 5.73. The Balaban J connectivity index is 2.10. The highest BCUT2D eigenvalue weighted by Gasteiger charge is 2.02. The van der Waals surface area contributed by atoms with Gasteiger partial charge in [0, 0.05) is 18.4 Å². The second-order valence-electron chi connectivity index (χ2n) is 3.79. The molecule has 0 aliphatic carbocycles. The van der Waals surface area contributed by atoms with Gasteiger partial charge in [-0.05, 0) is 24.6 Å². The summed E-state index contributed by atoms with van der Waals surface area (Å²) in [7, 11) is 1.92. The minimum absolute atomic E-state index is 0.640. The summed E-state index contributed by atoms with van der Waals surface area (Å²) >= 11 is 0. The van der Waals surface area contributed by atoms with Crippen LogP contribution in [0.5, 0.6) is 0 Å². The molecule has 0 aliphatic rings. The van der Waals surface area contributed by atoms with Gasteiger partial charge < -0.3 is 15.6 Å². The Morgan fingerprint density at radius 3 is 2.94 bits per heavy atom. The second kappa shape index (κ2) is 4.22. The van der Waals surface area contributed by atoms with Crippen LogP contribution in [0.3, 0.4) is 0 Å². The fourth-order valence-electron chi connectivity index (χ4n) is 1.47. The second-order valence-corrected chi connectivity index (χ2v) is 3.79. The fraction of sp³-hybridized carbons (Fsp3) is 0.273. The molecule has 1 heterocycles. The molecule has 0 saturated heterocycles. The predicted molar refractivity (Wildman–Crippen MR) is 63.9 cm³/mol. The molecule has 0 amide bonds. The molecule has 0 unspecified atom stereocenters. The molecular formula is C11H15N5. The van der Waals surface area contributed by atoms with Crippen molar-refractivity contribution in [3.8, 4) is 0 Å². The van der Waals surface area contributed by atoms with E-state index in [9.17, 15) is 0 Å². The van der Waals surface area contributed by atoms with Gasteiger partial charge in [0.05, 0.1) is 6.54 Å². The molecule has 1 aromatic carbocycles. The smallest absolute Gasteiger partial charge is 0.151 e. The monoisotopic (exact) mass is 217 g/mol. The number of nitrogens with two attached hydrogens (primary N) is 1. The van der Waals surface area contributed by atoms with E-state index >= 15 is 0 Å². The van der Waals surface area contributed by atoms with Crippen LogP contribution >= 0.6 is 0 Å². The topological polar surface area (TPSA) is 68.8 Å². The van der Waals surface area contributed by atoms with Crippen LogP contribution in [0.15, 0.2) is 24.5 Å². The summed E-state index contributed by atoms with van der Waals surface area (Å²) in [6.07, 6.45) is 1.68. The average molecular weight is 217 g/mol. The molecule has 0 atom stereocenters. The van der Waals surface area contributed by atoms with Gasteiger partial charge in [-0.25, -0.2) is 0 Å². The number of rotatable bonds is 3. The number of nitrogens with one attached hydrogen (secondary N) is 1. The number of benzene rings is 1. The third-order valence-corrected chi connectivity index (χ3v) is 2.50. The quantitative estimate of drug-likeness (QED) is 0.761. The van der Waals surface area contributed by atoms with Crippen molar-refractivity contribution in [2.75, 3.05) is 11.1 Å². The van der Waals surface area contributed by atoms with Crippen molar-refractivity contribution in [3.05, 3.63) is 35.9 Å². The molecule has 0 bridgehead atoms. The van der Waals surface area contributed by atoms with Crippen LogP contribution in [0.25, 0.3) is 0 Å². The normalized spacial score (nSPS) is 10.4. The number of nitrogens with zero attached hydrogens (tertiary/aromatic N) is 3. The molecule has 84 valence electrons. The molecule has 16 heavy (non-hydrogen) atoms. The highest BCUT2D eigenvalue weighted by molar-refractivity contribution is 5.59. The average Bonchev–Trinajstić information content (AvgIpc) is 2.66. The van der Waals surface area contributed by atoms with E-state index in [1.165, 1.54) is 0 Å². The van der Waals surface area contributed by atoms with Crippen molar-refractivity contribution in [2.45, 2.75) is 13.5 Å². The van der Waals surface area contributed by atoms with Crippen LogP contribution in [-0.2, 0) is 13.6 Å². The SMILES string of the molecule is Cc1ccc(N)cc1NCc1nncn1C. The van der Waals surface area contributed by atoms with E-state index in [-0.39, 0.29) is 0 Å². The fourth-order valence-corrected chi connectivity index (χ4v) is 1.47. The first-order valence-corrected chi connectivity index (χ1v) is 5.09. The standard InChI is InChI=1S/C11H15N5/c1-8-3-4-9(12)5-10(8)13-6-11-15-14-7-16(11)2/h3-5,7,13H,6,12H2,1-2H3. The maximum absolute atomic E-state index is 5.73. The van der Waals surface area contributed by atoms with Crippen LogP contribution in [0.1, 0.15) is 11.4 Å². The number of hydrogen-bond donors (Lipinski definition) is 2. The van der Waals surface area contributed by atoms with Gasteiger partial charge in [-0.1, -0.05) is 6.07 Å². The Kier molecular flexibility index (Phi) is 2.76. The third kappa shape index (κ3) is 2.13. The van der Waals surface area contributed by atoms with E-state index in [0.29, 0.717) is 6.54 Å². The summed E-state index contributed by atoms with van der Waals surface area (Å²) in [5, 5.41) is 11.1. The lowest BCUT2D eigenvalue weighted by molar-refractivity contribution is 0.812. The largest absolute Gasteiger partial charge is 0.399 e. The van der Waals surface area contributed by atoms with Crippen molar-refractivity contribution in [3.63, 3.8) is 0 Å². The van der Waals surface area contributed by atoms with Crippen molar-refractivity contribution in [1.82, 2.24) is 14.8 Å². The van der Waals surface area contributed by atoms with Crippen LogP contribution < -0.4 is 11.1 Å². The van der Waals surface area contributed by atoms with E-state index in [2.05, 4.69) is 15.5 Å². The summed E-state index contributed by atoms with van der Waals surface area (Å²) in [6.45, 7) is 2.68. The molecule has 2 rings (SSSR count). The number of aryl methyl sites for hydroxylation is 2. The zero-order valence-electron chi connectivity index (χ0n) is 9.44. The number of aromatic nitrogens is 3. The number of anilines is 2. The minimum atomic E-state index is 0.640. The van der Waals surface area contributed by atoms with Gasteiger partial charge in [0.1, 0.15) is 6.33 Å².